The second kappa shape index (κ2) is 5.87. The number of sulfone groups is 1. The SMILES string of the molecule is CS(=O)(=O)c1ccccc1Nc1ccc(Br)c(C(=O)O)c1. The molecule has 0 aliphatic rings. The van der Waals surface area contributed by atoms with Crippen molar-refractivity contribution in [3.05, 3.63) is 52.5 Å². The van der Waals surface area contributed by atoms with E-state index in [0.717, 1.165) is 6.26 Å². The third kappa shape index (κ3) is 3.62. The molecule has 2 aromatic carbocycles. The van der Waals surface area contributed by atoms with Crippen LogP contribution in [0.25, 0.3) is 0 Å². The van der Waals surface area contributed by atoms with E-state index in [1.54, 1.807) is 30.3 Å². The first-order chi connectivity index (χ1) is 9.79. The van der Waals surface area contributed by atoms with Crippen LogP contribution in [0, 0.1) is 0 Å². The molecule has 2 N–H and O–H groups in total. The minimum Gasteiger partial charge on any atom is -0.478 e. The summed E-state index contributed by atoms with van der Waals surface area (Å²) in [7, 11) is -3.38. The highest BCUT2D eigenvalue weighted by Crippen LogP contribution is 2.27. The van der Waals surface area contributed by atoms with E-state index in [0.29, 0.717) is 15.8 Å². The Balaban J connectivity index is 2.45. The Kier molecular flexibility index (Phi) is 4.34. The third-order valence-electron chi connectivity index (χ3n) is 2.76. The Morgan fingerprint density at radius 2 is 1.86 bits per heavy atom. The van der Waals surface area contributed by atoms with Crippen molar-refractivity contribution < 1.29 is 18.3 Å². The van der Waals surface area contributed by atoms with Crippen molar-refractivity contribution in [1.29, 1.82) is 0 Å². The highest BCUT2D eigenvalue weighted by Gasteiger charge is 2.14. The molecule has 110 valence electrons. The van der Waals surface area contributed by atoms with E-state index in [1.807, 2.05) is 0 Å². The first-order valence-electron chi connectivity index (χ1n) is 5.88. The second-order valence-electron chi connectivity index (χ2n) is 4.39. The van der Waals surface area contributed by atoms with Crippen molar-refractivity contribution in [2.24, 2.45) is 0 Å². The molecule has 0 saturated carbocycles. The third-order valence-corrected chi connectivity index (χ3v) is 4.61. The van der Waals surface area contributed by atoms with E-state index in [1.165, 1.54) is 12.1 Å². The van der Waals surface area contributed by atoms with E-state index in [-0.39, 0.29) is 10.5 Å². The number of benzene rings is 2. The van der Waals surface area contributed by atoms with Gasteiger partial charge in [-0.05, 0) is 46.3 Å². The number of hydrogen-bond acceptors (Lipinski definition) is 4. The minimum absolute atomic E-state index is 0.0943. The molecule has 2 rings (SSSR count). The van der Waals surface area contributed by atoms with Gasteiger partial charge in [-0.15, -0.1) is 0 Å². The molecule has 2 aromatic rings. The molecule has 0 aliphatic heterocycles. The number of hydrogen-bond donors (Lipinski definition) is 2. The summed E-state index contributed by atoms with van der Waals surface area (Å²) in [6.45, 7) is 0. The number of carboxylic acid groups (broad SMARTS) is 1. The zero-order valence-corrected chi connectivity index (χ0v) is 13.4. The number of carboxylic acids is 1. The van der Waals surface area contributed by atoms with Gasteiger partial charge in [0.1, 0.15) is 0 Å². The number of aromatic carboxylic acids is 1. The lowest BCUT2D eigenvalue weighted by atomic mass is 10.2. The van der Waals surface area contributed by atoms with Crippen molar-refractivity contribution in [3.63, 3.8) is 0 Å². The quantitative estimate of drug-likeness (QED) is 0.863. The minimum atomic E-state index is -3.38. The molecular weight excluding hydrogens is 358 g/mol. The van der Waals surface area contributed by atoms with Gasteiger partial charge < -0.3 is 10.4 Å². The second-order valence-corrected chi connectivity index (χ2v) is 7.23. The number of halogens is 1. The van der Waals surface area contributed by atoms with Gasteiger partial charge in [0.05, 0.1) is 16.1 Å². The average molecular weight is 370 g/mol. The van der Waals surface area contributed by atoms with E-state index in [2.05, 4.69) is 21.2 Å². The fourth-order valence-corrected chi connectivity index (χ4v) is 3.08. The molecule has 0 fully saturated rings. The van der Waals surface area contributed by atoms with Crippen LogP contribution < -0.4 is 5.32 Å². The van der Waals surface area contributed by atoms with Gasteiger partial charge in [-0.25, -0.2) is 13.2 Å². The molecule has 7 heteroatoms. The lowest BCUT2D eigenvalue weighted by Gasteiger charge is -2.11. The zero-order chi connectivity index (χ0) is 15.6. The molecule has 0 saturated heterocycles. The van der Waals surface area contributed by atoms with E-state index in [4.69, 9.17) is 5.11 Å². The fourth-order valence-electron chi connectivity index (χ4n) is 1.82. The molecule has 0 heterocycles. The lowest BCUT2D eigenvalue weighted by Crippen LogP contribution is -2.04. The molecule has 0 amide bonds. The summed E-state index contributed by atoms with van der Waals surface area (Å²) in [4.78, 5) is 11.3. The van der Waals surface area contributed by atoms with Crippen LogP contribution >= 0.6 is 15.9 Å². The first kappa shape index (κ1) is 15.5. The van der Waals surface area contributed by atoms with Crippen LogP contribution in [-0.4, -0.2) is 25.7 Å². The first-order valence-corrected chi connectivity index (χ1v) is 8.56. The highest BCUT2D eigenvalue weighted by atomic mass is 79.9. The van der Waals surface area contributed by atoms with Crippen molar-refractivity contribution in [2.75, 3.05) is 11.6 Å². The molecule has 0 bridgehead atoms. The van der Waals surface area contributed by atoms with Crippen LogP contribution in [-0.2, 0) is 9.84 Å². The molecule has 0 radical (unpaired) electrons. The maximum Gasteiger partial charge on any atom is 0.336 e. The summed E-state index contributed by atoms with van der Waals surface area (Å²) in [6, 6.07) is 11.1. The number of nitrogens with one attached hydrogen (secondary N) is 1. The van der Waals surface area contributed by atoms with Gasteiger partial charge in [0, 0.05) is 16.4 Å². The molecule has 0 aliphatic carbocycles. The molecule has 0 atom stereocenters. The summed E-state index contributed by atoms with van der Waals surface area (Å²) in [6.07, 6.45) is 1.12. The van der Waals surface area contributed by atoms with E-state index >= 15 is 0 Å². The van der Waals surface area contributed by atoms with Crippen LogP contribution in [0.5, 0.6) is 0 Å². The van der Waals surface area contributed by atoms with Gasteiger partial charge in [0.15, 0.2) is 9.84 Å². The number of carbonyl (C=O) groups is 1. The van der Waals surface area contributed by atoms with Crippen LogP contribution in [0.2, 0.25) is 0 Å². The van der Waals surface area contributed by atoms with Crippen LogP contribution in [0.4, 0.5) is 11.4 Å². The fraction of sp³-hybridized carbons (Fsp3) is 0.0714. The van der Waals surface area contributed by atoms with Gasteiger partial charge in [0.2, 0.25) is 0 Å². The smallest absolute Gasteiger partial charge is 0.336 e. The zero-order valence-electron chi connectivity index (χ0n) is 11.0. The molecule has 0 unspecified atom stereocenters. The topological polar surface area (TPSA) is 83.5 Å². The lowest BCUT2D eigenvalue weighted by molar-refractivity contribution is 0.0696. The largest absolute Gasteiger partial charge is 0.478 e. The van der Waals surface area contributed by atoms with Crippen LogP contribution in [0.15, 0.2) is 51.8 Å². The highest BCUT2D eigenvalue weighted by molar-refractivity contribution is 9.10. The Bertz CT molecular complexity index is 802. The Labute approximate surface area is 130 Å². The Hall–Kier alpha value is -1.86. The number of para-hydroxylation sites is 1. The molecule has 5 nitrogen and oxygen atoms in total. The summed E-state index contributed by atoms with van der Waals surface area (Å²) >= 11 is 3.16. The molecule has 0 aromatic heterocycles. The summed E-state index contributed by atoms with van der Waals surface area (Å²) in [5.74, 6) is -1.07. The van der Waals surface area contributed by atoms with Crippen molar-refractivity contribution in [1.82, 2.24) is 0 Å². The van der Waals surface area contributed by atoms with Gasteiger partial charge in [-0.3, -0.25) is 0 Å². The van der Waals surface area contributed by atoms with Crippen molar-refractivity contribution >= 4 is 43.1 Å². The van der Waals surface area contributed by atoms with Gasteiger partial charge >= 0.3 is 5.97 Å². The summed E-state index contributed by atoms with van der Waals surface area (Å²) < 4.78 is 23.9. The molecular formula is C14H12BrNO4S. The van der Waals surface area contributed by atoms with Crippen LogP contribution in [0.1, 0.15) is 10.4 Å². The predicted molar refractivity (Wildman–Crippen MR) is 83.9 cm³/mol. The van der Waals surface area contributed by atoms with E-state index in [9.17, 15) is 13.2 Å². The maximum atomic E-state index is 11.7. The Morgan fingerprint density at radius 3 is 2.48 bits per heavy atom. The summed E-state index contributed by atoms with van der Waals surface area (Å²) in [5, 5.41) is 12.0. The Morgan fingerprint density at radius 1 is 1.19 bits per heavy atom. The van der Waals surface area contributed by atoms with Crippen molar-refractivity contribution in [2.45, 2.75) is 4.90 Å². The number of rotatable bonds is 4. The van der Waals surface area contributed by atoms with Crippen LogP contribution in [0.3, 0.4) is 0 Å². The maximum absolute atomic E-state index is 11.7. The number of anilines is 2. The van der Waals surface area contributed by atoms with E-state index < -0.39 is 15.8 Å². The van der Waals surface area contributed by atoms with Gasteiger partial charge in [-0.1, -0.05) is 12.1 Å². The summed E-state index contributed by atoms with van der Waals surface area (Å²) in [5.41, 5.74) is 0.988. The van der Waals surface area contributed by atoms with Gasteiger partial charge in [0.25, 0.3) is 0 Å². The monoisotopic (exact) mass is 369 g/mol. The molecule has 0 spiro atoms. The average Bonchev–Trinajstić information content (AvgIpc) is 2.40. The van der Waals surface area contributed by atoms with Crippen molar-refractivity contribution in [3.8, 4) is 0 Å². The standard InChI is InChI=1S/C14H12BrNO4S/c1-21(19,20)13-5-3-2-4-12(13)16-9-6-7-11(15)10(8-9)14(17)18/h2-8,16H,1H3,(H,17,18). The normalized spacial score (nSPS) is 11.1. The van der Waals surface area contributed by atoms with Gasteiger partial charge in [-0.2, -0.15) is 0 Å². The molecule has 21 heavy (non-hydrogen) atoms. The predicted octanol–water partition coefficient (Wildman–Crippen LogP) is 3.29.